The topological polar surface area (TPSA) is 61.4 Å². The van der Waals surface area contributed by atoms with Crippen LogP contribution in [-0.4, -0.2) is 57.3 Å². The van der Waals surface area contributed by atoms with Crippen LogP contribution in [-0.2, 0) is 10.0 Å². The Morgan fingerprint density at radius 1 is 1.11 bits per heavy atom. The molecule has 1 atom stereocenters. The number of nitrogens with one attached hydrogen (secondary N) is 2. The maximum atomic E-state index is 12.2. The van der Waals surface area contributed by atoms with Gasteiger partial charge in [-0.15, -0.1) is 0 Å². The van der Waals surface area contributed by atoms with Gasteiger partial charge < -0.3 is 5.32 Å². The molecule has 0 aromatic carbocycles. The molecule has 2 saturated heterocycles. The zero-order chi connectivity index (χ0) is 13.3. The molecule has 0 aromatic heterocycles. The highest BCUT2D eigenvalue weighted by Crippen LogP contribution is 2.30. The van der Waals surface area contributed by atoms with Crippen molar-refractivity contribution in [2.45, 2.75) is 44.2 Å². The van der Waals surface area contributed by atoms with Gasteiger partial charge >= 0.3 is 0 Å². The van der Waals surface area contributed by atoms with Crippen LogP contribution >= 0.6 is 0 Å². The van der Waals surface area contributed by atoms with Gasteiger partial charge in [0.05, 0.1) is 5.75 Å². The molecule has 3 rings (SSSR count). The Balaban J connectivity index is 1.47. The van der Waals surface area contributed by atoms with Crippen molar-refractivity contribution in [2.24, 2.45) is 5.92 Å². The molecule has 5 nitrogen and oxygen atoms in total. The third-order valence-electron chi connectivity index (χ3n) is 4.54. The molecular formula is C13H25N3O2S. The Morgan fingerprint density at radius 3 is 2.53 bits per heavy atom. The van der Waals surface area contributed by atoms with Crippen LogP contribution in [0.3, 0.4) is 0 Å². The summed E-state index contributed by atoms with van der Waals surface area (Å²) in [7, 11) is -3.10. The number of rotatable bonds is 5. The predicted molar refractivity (Wildman–Crippen MR) is 75.5 cm³/mol. The van der Waals surface area contributed by atoms with Gasteiger partial charge in [-0.2, -0.15) is 0 Å². The minimum atomic E-state index is -3.10. The fourth-order valence-electron chi connectivity index (χ4n) is 3.32. The van der Waals surface area contributed by atoms with Crippen LogP contribution in [0.4, 0.5) is 0 Å². The van der Waals surface area contributed by atoms with Crippen LogP contribution in [0.5, 0.6) is 0 Å². The van der Waals surface area contributed by atoms with E-state index in [2.05, 4.69) is 14.9 Å². The lowest BCUT2D eigenvalue weighted by Gasteiger charge is -2.23. The van der Waals surface area contributed by atoms with Crippen LogP contribution in [0.25, 0.3) is 0 Å². The Labute approximate surface area is 116 Å². The number of hydrogen-bond donors (Lipinski definition) is 2. The van der Waals surface area contributed by atoms with Crippen LogP contribution in [0.15, 0.2) is 0 Å². The molecule has 1 aliphatic carbocycles. The molecule has 0 bridgehead atoms. The van der Waals surface area contributed by atoms with E-state index in [1.165, 1.54) is 12.8 Å². The molecule has 0 spiro atoms. The molecule has 0 amide bonds. The molecule has 1 unspecified atom stereocenters. The zero-order valence-corrected chi connectivity index (χ0v) is 12.3. The van der Waals surface area contributed by atoms with E-state index in [4.69, 9.17) is 0 Å². The summed E-state index contributed by atoms with van der Waals surface area (Å²) in [6, 6.07) is 0.895. The summed E-state index contributed by atoms with van der Waals surface area (Å²) in [5.74, 6) is 0.647. The van der Waals surface area contributed by atoms with E-state index < -0.39 is 10.0 Å². The zero-order valence-electron chi connectivity index (χ0n) is 11.5. The molecule has 2 heterocycles. The first-order valence-corrected chi connectivity index (χ1v) is 9.22. The highest BCUT2D eigenvalue weighted by Gasteiger charge is 2.35. The lowest BCUT2D eigenvalue weighted by atomic mass is 10.0. The van der Waals surface area contributed by atoms with Crippen molar-refractivity contribution < 1.29 is 8.42 Å². The molecule has 0 radical (unpaired) electrons. The number of likely N-dealkylation sites (tertiary alicyclic amines) is 1. The molecule has 1 saturated carbocycles. The second kappa shape index (κ2) is 5.68. The lowest BCUT2D eigenvalue weighted by Crippen LogP contribution is -2.41. The van der Waals surface area contributed by atoms with Gasteiger partial charge in [-0.05, 0) is 51.1 Å². The Kier molecular flexibility index (Phi) is 4.12. The summed E-state index contributed by atoms with van der Waals surface area (Å²) in [4.78, 5) is 2.44. The highest BCUT2D eigenvalue weighted by atomic mass is 32.2. The summed E-state index contributed by atoms with van der Waals surface area (Å²) in [6.45, 7) is 3.89. The Morgan fingerprint density at radius 2 is 1.84 bits per heavy atom. The van der Waals surface area contributed by atoms with Gasteiger partial charge in [0.15, 0.2) is 0 Å². The number of nitrogens with zero attached hydrogens (tertiary/aromatic N) is 1. The van der Waals surface area contributed by atoms with E-state index in [0.29, 0.717) is 11.7 Å². The SMILES string of the molecule is O=S(=O)(CC1CCNCC1)NC1CCN(C2CC2)C1. The van der Waals surface area contributed by atoms with Gasteiger partial charge in [0, 0.05) is 25.2 Å². The van der Waals surface area contributed by atoms with Crippen molar-refractivity contribution in [2.75, 3.05) is 31.9 Å². The molecule has 110 valence electrons. The smallest absolute Gasteiger partial charge is 0.212 e. The normalized spacial score (nSPS) is 30.8. The van der Waals surface area contributed by atoms with Crippen molar-refractivity contribution in [3.05, 3.63) is 0 Å². The van der Waals surface area contributed by atoms with Crippen LogP contribution < -0.4 is 10.0 Å². The summed E-state index contributed by atoms with van der Waals surface area (Å²) >= 11 is 0. The number of sulfonamides is 1. The first kappa shape index (κ1) is 13.8. The number of piperidine rings is 1. The van der Waals surface area contributed by atoms with Crippen LogP contribution in [0.1, 0.15) is 32.1 Å². The maximum Gasteiger partial charge on any atom is 0.212 e. The van der Waals surface area contributed by atoms with E-state index in [1.807, 2.05) is 0 Å². The van der Waals surface area contributed by atoms with Crippen molar-refractivity contribution in [1.29, 1.82) is 0 Å². The van der Waals surface area contributed by atoms with Gasteiger partial charge in [-0.1, -0.05) is 0 Å². The molecule has 3 aliphatic rings. The molecule has 2 N–H and O–H groups in total. The van der Waals surface area contributed by atoms with Gasteiger partial charge in [-0.3, -0.25) is 4.90 Å². The van der Waals surface area contributed by atoms with Gasteiger partial charge in [0.1, 0.15) is 0 Å². The van der Waals surface area contributed by atoms with Crippen molar-refractivity contribution in [3.8, 4) is 0 Å². The van der Waals surface area contributed by atoms with Crippen molar-refractivity contribution in [1.82, 2.24) is 14.9 Å². The largest absolute Gasteiger partial charge is 0.317 e. The first-order valence-electron chi connectivity index (χ1n) is 7.57. The fourth-order valence-corrected chi connectivity index (χ4v) is 5.07. The van der Waals surface area contributed by atoms with Crippen molar-refractivity contribution in [3.63, 3.8) is 0 Å². The second-order valence-electron chi connectivity index (χ2n) is 6.30. The van der Waals surface area contributed by atoms with Gasteiger partial charge in [-0.25, -0.2) is 13.1 Å². The summed E-state index contributed by atoms with van der Waals surface area (Å²) in [5.41, 5.74) is 0. The summed E-state index contributed by atoms with van der Waals surface area (Å²) in [5, 5.41) is 3.28. The summed E-state index contributed by atoms with van der Waals surface area (Å²) < 4.78 is 27.3. The van der Waals surface area contributed by atoms with E-state index >= 15 is 0 Å². The minimum absolute atomic E-state index is 0.146. The average molecular weight is 287 g/mol. The van der Waals surface area contributed by atoms with E-state index in [1.54, 1.807) is 0 Å². The minimum Gasteiger partial charge on any atom is -0.317 e. The van der Waals surface area contributed by atoms with E-state index in [9.17, 15) is 8.42 Å². The van der Waals surface area contributed by atoms with Gasteiger partial charge in [0.25, 0.3) is 0 Å². The Bertz CT molecular complexity index is 402. The monoisotopic (exact) mass is 287 g/mol. The Hall–Kier alpha value is -0.170. The lowest BCUT2D eigenvalue weighted by molar-refractivity contribution is 0.321. The fraction of sp³-hybridized carbons (Fsp3) is 1.00. The molecule has 2 aliphatic heterocycles. The number of hydrogen-bond acceptors (Lipinski definition) is 4. The van der Waals surface area contributed by atoms with E-state index in [0.717, 1.165) is 51.5 Å². The van der Waals surface area contributed by atoms with Crippen LogP contribution in [0, 0.1) is 5.92 Å². The molecular weight excluding hydrogens is 262 g/mol. The highest BCUT2D eigenvalue weighted by molar-refractivity contribution is 7.89. The molecule has 3 fully saturated rings. The maximum absolute atomic E-state index is 12.2. The molecule has 0 aromatic rings. The summed E-state index contributed by atoms with van der Waals surface area (Å²) in [6.07, 6.45) is 5.55. The first-order chi connectivity index (χ1) is 9.12. The van der Waals surface area contributed by atoms with E-state index in [-0.39, 0.29) is 6.04 Å². The average Bonchev–Trinajstić information content (AvgIpc) is 3.11. The third-order valence-corrected chi connectivity index (χ3v) is 6.15. The molecule has 19 heavy (non-hydrogen) atoms. The quantitative estimate of drug-likeness (QED) is 0.755. The van der Waals surface area contributed by atoms with Gasteiger partial charge in [0.2, 0.25) is 10.0 Å². The standard InChI is InChI=1S/C13H25N3O2S/c17-19(18,10-11-3-6-14-7-4-11)15-12-5-8-16(9-12)13-1-2-13/h11-15H,1-10H2. The van der Waals surface area contributed by atoms with Crippen molar-refractivity contribution >= 4 is 10.0 Å². The van der Waals surface area contributed by atoms with Crippen LogP contribution in [0.2, 0.25) is 0 Å². The predicted octanol–water partition coefficient (Wildman–Crippen LogP) is 0.142. The second-order valence-corrected chi connectivity index (χ2v) is 8.10. The molecule has 6 heteroatoms. The third kappa shape index (κ3) is 3.90.